The molecule has 32 heavy (non-hydrogen) atoms. The number of amides is 1. The van der Waals surface area contributed by atoms with Crippen molar-refractivity contribution in [3.05, 3.63) is 63.0 Å². The molecule has 0 aliphatic rings. The van der Waals surface area contributed by atoms with Gasteiger partial charge in [-0.2, -0.15) is 4.98 Å². The molecule has 0 saturated heterocycles. The number of anilines is 1. The number of rotatable bonds is 7. The number of carbonyl (C=O) groups is 2. The number of carbonyl (C=O) groups excluding carboxylic acids is 2. The van der Waals surface area contributed by atoms with Gasteiger partial charge in [-0.05, 0) is 37.3 Å². The van der Waals surface area contributed by atoms with E-state index in [2.05, 4.69) is 15.4 Å². The fourth-order valence-corrected chi connectivity index (χ4v) is 4.41. The molecule has 0 saturated carbocycles. The summed E-state index contributed by atoms with van der Waals surface area (Å²) in [5.74, 6) is 0.119. The van der Waals surface area contributed by atoms with Crippen LogP contribution in [0.2, 0.25) is 10.0 Å². The van der Waals surface area contributed by atoms with Crippen LogP contribution < -0.4 is 10.1 Å². The SMILES string of the molecule is COc1ccc(C)cc1C(=O)CCC(=O)Nc1nc2scc(-c3cc(Cl)ccc3Cl)n2n1. The third-order valence-electron chi connectivity index (χ3n) is 4.77. The number of hydrogen-bond donors (Lipinski definition) is 1. The summed E-state index contributed by atoms with van der Waals surface area (Å²) >= 11 is 13.8. The summed E-state index contributed by atoms with van der Waals surface area (Å²) in [5.41, 5.74) is 2.83. The monoisotopic (exact) mass is 488 g/mol. The van der Waals surface area contributed by atoms with Crippen molar-refractivity contribution in [3.8, 4) is 17.0 Å². The Balaban J connectivity index is 1.46. The summed E-state index contributed by atoms with van der Waals surface area (Å²) in [6.45, 7) is 1.89. The van der Waals surface area contributed by atoms with Crippen molar-refractivity contribution in [2.24, 2.45) is 0 Å². The first-order valence-electron chi connectivity index (χ1n) is 9.63. The van der Waals surface area contributed by atoms with Gasteiger partial charge >= 0.3 is 0 Å². The highest BCUT2D eigenvalue weighted by molar-refractivity contribution is 7.15. The quantitative estimate of drug-likeness (QED) is 0.338. The van der Waals surface area contributed by atoms with Gasteiger partial charge in [0.1, 0.15) is 5.75 Å². The van der Waals surface area contributed by atoms with E-state index in [4.69, 9.17) is 27.9 Å². The standard InChI is InChI=1S/C22H18Cl2N4O3S/c1-12-3-7-19(31-2)15(9-12)18(29)6-8-20(30)25-21-26-22-28(27-21)17(11-32-22)14-10-13(23)4-5-16(14)24/h3-5,7,9-11H,6,8H2,1-2H3,(H,25,27,30). The third-order valence-corrected chi connectivity index (χ3v) is 6.15. The summed E-state index contributed by atoms with van der Waals surface area (Å²) in [7, 11) is 1.51. The van der Waals surface area contributed by atoms with Crippen LogP contribution >= 0.6 is 34.5 Å². The molecule has 1 N–H and O–H groups in total. The number of aryl methyl sites for hydroxylation is 1. The molecule has 0 aliphatic carbocycles. The molecule has 4 rings (SSSR count). The van der Waals surface area contributed by atoms with Crippen molar-refractivity contribution in [3.63, 3.8) is 0 Å². The Kier molecular flexibility index (Phi) is 6.45. The summed E-state index contributed by atoms with van der Waals surface area (Å²) in [6, 6.07) is 10.5. The summed E-state index contributed by atoms with van der Waals surface area (Å²) < 4.78 is 6.85. The van der Waals surface area contributed by atoms with Gasteiger partial charge in [-0.1, -0.05) is 34.8 Å². The molecule has 4 aromatic rings. The Morgan fingerprint density at radius 3 is 2.75 bits per heavy atom. The maximum absolute atomic E-state index is 12.6. The van der Waals surface area contributed by atoms with Crippen molar-refractivity contribution in [1.29, 1.82) is 0 Å². The molecule has 10 heteroatoms. The van der Waals surface area contributed by atoms with Crippen LogP contribution in [-0.2, 0) is 4.79 Å². The van der Waals surface area contributed by atoms with E-state index in [-0.39, 0.29) is 30.5 Å². The Morgan fingerprint density at radius 2 is 1.97 bits per heavy atom. The number of nitrogens with one attached hydrogen (secondary N) is 1. The van der Waals surface area contributed by atoms with Gasteiger partial charge in [0.25, 0.3) is 0 Å². The van der Waals surface area contributed by atoms with Gasteiger partial charge in [0.2, 0.25) is 16.8 Å². The lowest BCUT2D eigenvalue weighted by molar-refractivity contribution is -0.116. The lowest BCUT2D eigenvalue weighted by Gasteiger charge is -2.08. The lowest BCUT2D eigenvalue weighted by Crippen LogP contribution is -2.15. The molecule has 0 unspecified atom stereocenters. The van der Waals surface area contributed by atoms with Crippen LogP contribution in [0, 0.1) is 6.92 Å². The molecule has 0 atom stereocenters. The molecule has 1 amide bonds. The van der Waals surface area contributed by atoms with E-state index in [1.165, 1.54) is 18.4 Å². The minimum Gasteiger partial charge on any atom is -0.496 e. The summed E-state index contributed by atoms with van der Waals surface area (Å²) in [6.07, 6.45) is 0.0347. The largest absolute Gasteiger partial charge is 0.496 e. The smallest absolute Gasteiger partial charge is 0.250 e. The predicted molar refractivity (Wildman–Crippen MR) is 126 cm³/mol. The molecule has 0 spiro atoms. The molecule has 0 aliphatic heterocycles. The van der Waals surface area contributed by atoms with Crippen molar-refractivity contribution in [2.45, 2.75) is 19.8 Å². The Hall–Kier alpha value is -2.94. The number of thiazole rings is 1. The summed E-state index contributed by atoms with van der Waals surface area (Å²) in [5, 5.41) is 9.96. The molecule has 2 aromatic carbocycles. The van der Waals surface area contributed by atoms with Crippen LogP contribution in [0.5, 0.6) is 5.75 Å². The molecule has 0 bridgehead atoms. The average Bonchev–Trinajstić information content (AvgIpc) is 3.34. The van der Waals surface area contributed by atoms with Gasteiger partial charge in [0, 0.05) is 28.8 Å². The van der Waals surface area contributed by atoms with E-state index in [0.29, 0.717) is 37.6 Å². The van der Waals surface area contributed by atoms with E-state index in [0.717, 1.165) is 5.56 Å². The zero-order valence-corrected chi connectivity index (χ0v) is 19.5. The normalized spacial score (nSPS) is 11.0. The second kappa shape index (κ2) is 9.28. The number of hydrogen-bond acceptors (Lipinski definition) is 6. The van der Waals surface area contributed by atoms with Crippen molar-refractivity contribution in [1.82, 2.24) is 14.6 Å². The van der Waals surface area contributed by atoms with E-state index >= 15 is 0 Å². The number of aromatic nitrogens is 3. The molecular weight excluding hydrogens is 471 g/mol. The highest BCUT2D eigenvalue weighted by atomic mass is 35.5. The van der Waals surface area contributed by atoms with Gasteiger partial charge in [0.15, 0.2) is 5.78 Å². The van der Waals surface area contributed by atoms with E-state index < -0.39 is 0 Å². The fraction of sp³-hybridized carbons (Fsp3) is 0.182. The topological polar surface area (TPSA) is 85.6 Å². The van der Waals surface area contributed by atoms with Gasteiger partial charge in [-0.25, -0.2) is 4.52 Å². The first kappa shape index (κ1) is 22.3. The number of Topliss-reactive ketones (excluding diaryl/α,β-unsaturated/α-hetero) is 1. The van der Waals surface area contributed by atoms with Gasteiger partial charge in [-0.15, -0.1) is 16.4 Å². The first-order chi connectivity index (χ1) is 15.4. The minimum atomic E-state index is -0.356. The number of fused-ring (bicyclic) bond motifs is 1. The first-order valence-corrected chi connectivity index (χ1v) is 11.3. The maximum Gasteiger partial charge on any atom is 0.250 e. The van der Waals surface area contributed by atoms with Crippen LogP contribution in [0.4, 0.5) is 5.95 Å². The van der Waals surface area contributed by atoms with Crippen molar-refractivity contribution >= 4 is 57.1 Å². The van der Waals surface area contributed by atoms with Gasteiger partial charge in [0.05, 0.1) is 23.4 Å². The zero-order chi connectivity index (χ0) is 22.8. The van der Waals surface area contributed by atoms with Crippen molar-refractivity contribution < 1.29 is 14.3 Å². The third kappa shape index (κ3) is 4.62. The Morgan fingerprint density at radius 1 is 1.16 bits per heavy atom. The lowest BCUT2D eigenvalue weighted by atomic mass is 10.0. The number of ether oxygens (including phenoxy) is 1. The minimum absolute atomic E-state index is 0.00420. The second-order valence-corrected chi connectivity index (χ2v) is 8.73. The Bertz CT molecular complexity index is 1330. The molecular formula is C22H18Cl2N4O3S. The van der Waals surface area contributed by atoms with E-state index in [1.54, 1.807) is 34.8 Å². The number of methoxy groups -OCH3 is 1. The molecule has 2 heterocycles. The van der Waals surface area contributed by atoms with E-state index in [9.17, 15) is 9.59 Å². The molecule has 0 fully saturated rings. The number of nitrogens with zero attached hydrogens (tertiary/aromatic N) is 3. The van der Waals surface area contributed by atoms with Gasteiger partial charge in [-0.3, -0.25) is 14.9 Å². The summed E-state index contributed by atoms with van der Waals surface area (Å²) in [4.78, 5) is 29.9. The molecule has 2 aromatic heterocycles. The van der Waals surface area contributed by atoms with Crippen LogP contribution in [0.1, 0.15) is 28.8 Å². The maximum atomic E-state index is 12.6. The highest BCUT2D eigenvalue weighted by Gasteiger charge is 2.17. The van der Waals surface area contributed by atoms with E-state index in [1.807, 2.05) is 18.4 Å². The van der Waals surface area contributed by atoms with Crippen molar-refractivity contribution in [2.75, 3.05) is 12.4 Å². The van der Waals surface area contributed by atoms with Crippen LogP contribution in [0.15, 0.2) is 41.8 Å². The predicted octanol–water partition coefficient (Wildman–Crippen LogP) is 5.68. The zero-order valence-electron chi connectivity index (χ0n) is 17.2. The van der Waals surface area contributed by atoms with Crippen LogP contribution in [0.3, 0.4) is 0 Å². The number of benzene rings is 2. The van der Waals surface area contributed by atoms with Gasteiger partial charge < -0.3 is 4.74 Å². The average molecular weight is 489 g/mol. The highest BCUT2D eigenvalue weighted by Crippen LogP contribution is 2.33. The number of ketones is 1. The number of halogens is 2. The second-order valence-electron chi connectivity index (χ2n) is 7.05. The van der Waals surface area contributed by atoms with Crippen LogP contribution in [-0.4, -0.2) is 33.4 Å². The Labute approximate surface area is 197 Å². The molecule has 7 nitrogen and oxygen atoms in total. The molecule has 164 valence electrons. The molecule has 0 radical (unpaired) electrons. The fourth-order valence-electron chi connectivity index (χ4n) is 3.20. The van der Waals surface area contributed by atoms with Crippen LogP contribution in [0.25, 0.3) is 16.2 Å².